The van der Waals surface area contributed by atoms with Crippen LogP contribution in [0.5, 0.6) is 5.75 Å². The molecule has 2 aromatic heterocycles. The van der Waals surface area contributed by atoms with E-state index in [9.17, 15) is 5.11 Å². The maximum Gasteiger partial charge on any atom is 0.335 e. The van der Waals surface area contributed by atoms with Crippen LogP contribution in [0, 0.1) is 0 Å². The SMILES string of the molecule is CC(C)(C)c1cc(/C=C/c2ccc(O)c(/C=C/c3cc(C(C)(C)C)[o+]c(C(C)(C)C)c3)c2)cc(C(C)(C)C)[o+]1. The second-order valence-electron chi connectivity index (χ2n) is 14.7. The predicted octanol–water partition coefficient (Wildman–Crippen LogP) is 10.7. The smallest absolute Gasteiger partial charge is 0.335 e. The highest BCUT2D eigenvalue weighted by Gasteiger charge is 2.34. The van der Waals surface area contributed by atoms with Crippen molar-refractivity contribution in [2.24, 2.45) is 0 Å². The van der Waals surface area contributed by atoms with Crippen LogP contribution in [0.15, 0.2) is 51.3 Å². The molecule has 0 fully saturated rings. The van der Waals surface area contributed by atoms with Crippen molar-refractivity contribution in [2.75, 3.05) is 0 Å². The van der Waals surface area contributed by atoms with Gasteiger partial charge in [0.05, 0.1) is 21.7 Å². The highest BCUT2D eigenvalue weighted by Crippen LogP contribution is 2.33. The summed E-state index contributed by atoms with van der Waals surface area (Å²) >= 11 is 0. The molecule has 3 rings (SSSR count). The Bertz CT molecular complexity index is 1310. The minimum Gasteiger partial charge on any atom is -0.507 e. The van der Waals surface area contributed by atoms with Gasteiger partial charge in [-0.2, -0.15) is 0 Å². The molecule has 3 nitrogen and oxygen atoms in total. The standard InChI is InChI=1S/C36H47O3/c1-33(2,3)29-20-25(21-30(38-29)34(4,5)6)14-13-24-16-18-28(37)27(19-24)17-15-26-22-31(35(7,8)9)39-32(23-26)36(10,11)12/h13-23H,1-12H3/q+1/p+1/b14-13+,17-15+. The van der Waals surface area contributed by atoms with E-state index in [4.69, 9.17) is 8.83 Å². The van der Waals surface area contributed by atoms with Crippen molar-refractivity contribution in [3.63, 3.8) is 0 Å². The maximum absolute atomic E-state index is 10.6. The van der Waals surface area contributed by atoms with Gasteiger partial charge in [-0.15, -0.1) is 0 Å². The zero-order valence-electron chi connectivity index (χ0n) is 26.1. The van der Waals surface area contributed by atoms with Crippen LogP contribution in [0.4, 0.5) is 0 Å². The van der Waals surface area contributed by atoms with Crippen LogP contribution in [0.25, 0.3) is 24.3 Å². The van der Waals surface area contributed by atoms with E-state index >= 15 is 0 Å². The Hall–Kier alpha value is -3.20. The summed E-state index contributed by atoms with van der Waals surface area (Å²) < 4.78 is 12.6. The molecule has 0 aliphatic heterocycles. The number of hydrogen-bond acceptors (Lipinski definition) is 1. The second kappa shape index (κ2) is 10.8. The van der Waals surface area contributed by atoms with Crippen LogP contribution < -0.4 is 0 Å². The number of phenols is 1. The largest absolute Gasteiger partial charge is 0.507 e. The van der Waals surface area contributed by atoms with Gasteiger partial charge in [-0.25, -0.2) is 8.83 Å². The molecule has 1 N–H and O–H groups in total. The van der Waals surface area contributed by atoms with Crippen LogP contribution in [0.1, 0.15) is 128 Å². The Balaban J connectivity index is 1.98. The van der Waals surface area contributed by atoms with Gasteiger partial charge in [0.1, 0.15) is 5.75 Å². The first-order valence-electron chi connectivity index (χ1n) is 13.9. The zero-order valence-corrected chi connectivity index (χ0v) is 26.1. The van der Waals surface area contributed by atoms with E-state index in [2.05, 4.69) is 120 Å². The third kappa shape index (κ3) is 8.14. The van der Waals surface area contributed by atoms with E-state index in [0.29, 0.717) is 0 Å². The minimum atomic E-state index is -0.110. The topological polar surface area (TPSA) is 42.8 Å². The molecular weight excluding hydrogens is 480 g/mol. The number of hydrogen-bond donors (Lipinski definition) is 1. The van der Waals surface area contributed by atoms with E-state index in [-0.39, 0.29) is 27.4 Å². The van der Waals surface area contributed by atoms with Crippen molar-refractivity contribution in [2.45, 2.75) is 105 Å². The number of rotatable bonds is 4. The summed E-state index contributed by atoms with van der Waals surface area (Å²) in [6, 6.07) is 14.1. The van der Waals surface area contributed by atoms with E-state index in [1.807, 2.05) is 24.3 Å². The van der Waals surface area contributed by atoms with Gasteiger partial charge >= 0.3 is 23.0 Å². The fourth-order valence-corrected chi connectivity index (χ4v) is 3.90. The van der Waals surface area contributed by atoms with Crippen LogP contribution >= 0.6 is 0 Å². The third-order valence-electron chi connectivity index (χ3n) is 6.56. The summed E-state index contributed by atoms with van der Waals surface area (Å²) in [5, 5.41) is 10.6. The molecule has 0 saturated carbocycles. The first-order chi connectivity index (χ1) is 17.7. The van der Waals surface area contributed by atoms with E-state index < -0.39 is 0 Å². The van der Waals surface area contributed by atoms with E-state index in [1.54, 1.807) is 6.07 Å². The molecule has 3 aromatic rings. The molecular formula is C36H48O3+2. The number of phenolic OH excluding ortho intramolecular Hbond substituents is 1. The molecule has 0 atom stereocenters. The molecule has 0 amide bonds. The Labute approximate surface area is 236 Å². The average molecular weight is 529 g/mol. The summed E-state index contributed by atoms with van der Waals surface area (Å²) in [5.74, 6) is 4.05. The van der Waals surface area contributed by atoms with Gasteiger partial charge in [-0.05, 0) is 112 Å². The van der Waals surface area contributed by atoms with Crippen molar-refractivity contribution in [3.8, 4) is 5.75 Å². The van der Waals surface area contributed by atoms with Gasteiger partial charge < -0.3 is 5.11 Å². The second-order valence-corrected chi connectivity index (χ2v) is 14.7. The van der Waals surface area contributed by atoms with Crippen LogP contribution in [-0.2, 0) is 21.7 Å². The van der Waals surface area contributed by atoms with Crippen molar-refractivity contribution >= 4 is 24.3 Å². The van der Waals surface area contributed by atoms with Gasteiger partial charge in [0, 0.05) is 29.8 Å². The normalized spacial score (nSPS) is 13.5. The Morgan fingerprint density at radius 3 is 1.15 bits per heavy atom. The molecule has 0 unspecified atom stereocenters. The monoisotopic (exact) mass is 528 g/mol. The molecule has 0 aliphatic rings. The third-order valence-corrected chi connectivity index (χ3v) is 6.56. The van der Waals surface area contributed by atoms with E-state index in [1.165, 1.54) is 0 Å². The van der Waals surface area contributed by atoms with Gasteiger partial charge in [0.15, 0.2) is 0 Å². The summed E-state index contributed by atoms with van der Waals surface area (Å²) in [6.07, 6.45) is 8.22. The van der Waals surface area contributed by atoms with Crippen LogP contribution in [-0.4, -0.2) is 5.11 Å². The first-order valence-corrected chi connectivity index (χ1v) is 13.9. The van der Waals surface area contributed by atoms with E-state index in [0.717, 1.165) is 45.3 Å². The van der Waals surface area contributed by atoms with Crippen molar-refractivity contribution < 1.29 is 13.9 Å². The highest BCUT2D eigenvalue weighted by atomic mass is 16.3. The summed E-state index contributed by atoms with van der Waals surface area (Å²) in [4.78, 5) is 0. The van der Waals surface area contributed by atoms with Gasteiger partial charge in [0.2, 0.25) is 0 Å². The maximum atomic E-state index is 10.6. The molecule has 0 aliphatic carbocycles. The van der Waals surface area contributed by atoms with Crippen LogP contribution in [0.3, 0.4) is 0 Å². The lowest BCUT2D eigenvalue weighted by molar-refractivity contribution is 0.328. The quantitative estimate of drug-likeness (QED) is 0.342. The molecule has 0 bridgehead atoms. The molecule has 208 valence electrons. The molecule has 0 saturated heterocycles. The molecule has 0 spiro atoms. The molecule has 3 heteroatoms. The predicted molar refractivity (Wildman–Crippen MR) is 167 cm³/mol. The average Bonchev–Trinajstić information content (AvgIpc) is 2.80. The summed E-state index contributed by atoms with van der Waals surface area (Å²) in [6.45, 7) is 25.9. The number of aromatic hydroxyl groups is 1. The summed E-state index contributed by atoms with van der Waals surface area (Å²) in [7, 11) is 0. The Kier molecular flexibility index (Phi) is 8.37. The van der Waals surface area contributed by atoms with Crippen molar-refractivity contribution in [1.82, 2.24) is 0 Å². The Morgan fingerprint density at radius 1 is 0.462 bits per heavy atom. The molecule has 39 heavy (non-hydrogen) atoms. The minimum absolute atomic E-state index is 0.0925. The van der Waals surface area contributed by atoms with Gasteiger partial charge in [0.25, 0.3) is 0 Å². The first kappa shape index (κ1) is 30.3. The highest BCUT2D eigenvalue weighted by molar-refractivity contribution is 5.76. The van der Waals surface area contributed by atoms with Gasteiger partial charge in [-0.1, -0.05) is 30.4 Å². The molecule has 0 radical (unpaired) electrons. The van der Waals surface area contributed by atoms with Crippen molar-refractivity contribution in [1.29, 1.82) is 0 Å². The fraction of sp³-hybridized carbons (Fsp3) is 0.444. The van der Waals surface area contributed by atoms with Crippen LogP contribution in [0.2, 0.25) is 0 Å². The lowest BCUT2D eigenvalue weighted by atomic mass is 9.88. The summed E-state index contributed by atoms with van der Waals surface area (Å²) in [5.41, 5.74) is 3.52. The van der Waals surface area contributed by atoms with Gasteiger partial charge in [-0.3, -0.25) is 0 Å². The molecule has 1 aromatic carbocycles. The fourth-order valence-electron chi connectivity index (χ4n) is 3.90. The lowest BCUT2D eigenvalue weighted by Crippen LogP contribution is -2.16. The lowest BCUT2D eigenvalue weighted by Gasteiger charge is -2.14. The van der Waals surface area contributed by atoms with Crippen molar-refractivity contribution in [3.05, 3.63) is 87.8 Å². The zero-order chi connectivity index (χ0) is 29.4. The number of benzene rings is 1. The Morgan fingerprint density at radius 2 is 0.795 bits per heavy atom. The molecule has 2 heterocycles.